The van der Waals surface area contributed by atoms with E-state index in [2.05, 4.69) is 132 Å². The van der Waals surface area contributed by atoms with Crippen molar-refractivity contribution in [3.8, 4) is 44.8 Å². The van der Waals surface area contributed by atoms with Gasteiger partial charge in [0, 0.05) is 18.0 Å². The van der Waals surface area contributed by atoms with Crippen molar-refractivity contribution in [3.63, 3.8) is 0 Å². The highest BCUT2D eigenvalue weighted by molar-refractivity contribution is 6.14. The fourth-order valence-electron chi connectivity index (χ4n) is 5.70. The molecule has 0 atom stereocenters. The monoisotopic (exact) mass is 524 g/mol. The van der Waals surface area contributed by atoms with Gasteiger partial charge in [-0.15, -0.1) is 0 Å². The molecule has 0 bridgehead atoms. The summed E-state index contributed by atoms with van der Waals surface area (Å²) in [4.78, 5) is 9.03. The zero-order valence-electron chi connectivity index (χ0n) is 22.2. The standard InChI is InChI=1S/C38H24N2O/c1-2-8-32-29(6-1)22-35(34-10-4-3-9-33(32)34)30-19-20-36-37(23-30)41-38(40-36)28-17-15-26(16-18-28)25-11-13-27(14-12-25)31-7-5-21-39-24-31/h1-24H. The maximum absolute atomic E-state index is 6.31. The van der Waals surface area contributed by atoms with Crippen LogP contribution in [-0.2, 0) is 0 Å². The third-order valence-electron chi connectivity index (χ3n) is 7.81. The van der Waals surface area contributed by atoms with Gasteiger partial charge in [0.25, 0.3) is 0 Å². The van der Waals surface area contributed by atoms with E-state index in [1.54, 1.807) is 6.20 Å². The summed E-state index contributed by atoms with van der Waals surface area (Å²) in [6.07, 6.45) is 3.68. The molecular weight excluding hydrogens is 500 g/mol. The van der Waals surface area contributed by atoms with E-state index in [1.807, 2.05) is 12.3 Å². The lowest BCUT2D eigenvalue weighted by molar-refractivity contribution is 0.620. The summed E-state index contributed by atoms with van der Waals surface area (Å²) in [6.45, 7) is 0. The van der Waals surface area contributed by atoms with Crippen molar-refractivity contribution >= 4 is 32.6 Å². The van der Waals surface area contributed by atoms with E-state index in [1.165, 1.54) is 27.1 Å². The van der Waals surface area contributed by atoms with Crippen LogP contribution in [0.15, 0.2) is 150 Å². The Labute approximate surface area is 237 Å². The maximum atomic E-state index is 6.31. The molecule has 0 saturated carbocycles. The lowest BCUT2D eigenvalue weighted by Crippen LogP contribution is -1.84. The van der Waals surface area contributed by atoms with Gasteiger partial charge in [-0.05, 0) is 91.3 Å². The average molecular weight is 525 g/mol. The molecule has 8 aromatic rings. The van der Waals surface area contributed by atoms with Crippen molar-refractivity contribution in [2.75, 3.05) is 0 Å². The average Bonchev–Trinajstić information content (AvgIpc) is 3.49. The molecule has 2 aromatic heterocycles. The third-order valence-corrected chi connectivity index (χ3v) is 7.81. The van der Waals surface area contributed by atoms with Crippen LogP contribution in [0, 0.1) is 0 Å². The Kier molecular flexibility index (Phi) is 5.46. The third kappa shape index (κ3) is 4.16. The second-order valence-corrected chi connectivity index (χ2v) is 10.3. The number of nitrogens with zero attached hydrogens (tertiary/aromatic N) is 2. The molecule has 3 heteroatoms. The fourth-order valence-corrected chi connectivity index (χ4v) is 5.70. The number of benzene rings is 6. The Morgan fingerprint density at radius 1 is 0.463 bits per heavy atom. The second kappa shape index (κ2) is 9.58. The summed E-state index contributed by atoms with van der Waals surface area (Å²) in [7, 11) is 0. The Morgan fingerprint density at radius 2 is 1.10 bits per heavy atom. The number of pyridine rings is 1. The van der Waals surface area contributed by atoms with E-state index in [0.717, 1.165) is 44.5 Å². The molecule has 41 heavy (non-hydrogen) atoms. The first-order chi connectivity index (χ1) is 20.3. The molecule has 8 rings (SSSR count). The molecule has 0 aliphatic rings. The van der Waals surface area contributed by atoms with Crippen molar-refractivity contribution in [1.29, 1.82) is 0 Å². The molecule has 0 N–H and O–H groups in total. The molecule has 0 aliphatic heterocycles. The molecule has 192 valence electrons. The van der Waals surface area contributed by atoms with Crippen LogP contribution in [0.3, 0.4) is 0 Å². The Hall–Kier alpha value is -5.54. The molecule has 0 fully saturated rings. The minimum Gasteiger partial charge on any atom is -0.436 e. The van der Waals surface area contributed by atoms with Crippen LogP contribution in [-0.4, -0.2) is 9.97 Å². The fraction of sp³-hybridized carbons (Fsp3) is 0. The number of hydrogen-bond acceptors (Lipinski definition) is 3. The summed E-state index contributed by atoms with van der Waals surface area (Å²) in [6, 6.07) is 46.7. The Bertz CT molecular complexity index is 2180. The summed E-state index contributed by atoms with van der Waals surface area (Å²) < 4.78 is 6.31. The van der Waals surface area contributed by atoms with Crippen LogP contribution in [0.1, 0.15) is 0 Å². The largest absolute Gasteiger partial charge is 0.436 e. The van der Waals surface area contributed by atoms with Gasteiger partial charge in [-0.25, -0.2) is 4.98 Å². The van der Waals surface area contributed by atoms with E-state index in [0.29, 0.717) is 5.89 Å². The Balaban J connectivity index is 1.12. The topological polar surface area (TPSA) is 38.9 Å². The highest BCUT2D eigenvalue weighted by Gasteiger charge is 2.13. The molecule has 0 amide bonds. The maximum Gasteiger partial charge on any atom is 0.227 e. The molecule has 2 heterocycles. The first kappa shape index (κ1) is 23.4. The summed E-state index contributed by atoms with van der Waals surface area (Å²) in [5.41, 5.74) is 9.47. The van der Waals surface area contributed by atoms with Crippen LogP contribution in [0.4, 0.5) is 0 Å². The molecule has 0 saturated heterocycles. The number of aromatic nitrogens is 2. The lowest BCUT2D eigenvalue weighted by Gasteiger charge is -2.10. The molecule has 0 unspecified atom stereocenters. The van der Waals surface area contributed by atoms with Gasteiger partial charge in [-0.1, -0.05) is 97.1 Å². The lowest BCUT2D eigenvalue weighted by atomic mass is 9.93. The molecule has 0 radical (unpaired) electrons. The SMILES string of the molecule is c1cncc(-c2ccc(-c3ccc(-c4nc5ccc(-c6cc7ccccc7c7ccccc67)cc5o4)cc3)cc2)c1. The van der Waals surface area contributed by atoms with Crippen molar-refractivity contribution in [3.05, 3.63) is 146 Å². The van der Waals surface area contributed by atoms with Gasteiger partial charge < -0.3 is 4.42 Å². The zero-order valence-corrected chi connectivity index (χ0v) is 22.2. The number of fused-ring (bicyclic) bond motifs is 4. The number of oxazole rings is 1. The van der Waals surface area contributed by atoms with Crippen LogP contribution in [0.25, 0.3) is 77.5 Å². The van der Waals surface area contributed by atoms with Gasteiger partial charge in [0.05, 0.1) is 0 Å². The second-order valence-electron chi connectivity index (χ2n) is 10.3. The van der Waals surface area contributed by atoms with Crippen molar-refractivity contribution in [2.24, 2.45) is 0 Å². The van der Waals surface area contributed by atoms with Gasteiger partial charge in [-0.2, -0.15) is 0 Å². The molecular formula is C38H24N2O. The van der Waals surface area contributed by atoms with Crippen molar-refractivity contribution in [1.82, 2.24) is 9.97 Å². The van der Waals surface area contributed by atoms with Gasteiger partial charge in [-0.3, -0.25) is 4.98 Å². The van der Waals surface area contributed by atoms with E-state index in [9.17, 15) is 0 Å². The summed E-state index contributed by atoms with van der Waals surface area (Å²) in [5.74, 6) is 0.624. The van der Waals surface area contributed by atoms with E-state index in [-0.39, 0.29) is 0 Å². The normalized spacial score (nSPS) is 11.4. The van der Waals surface area contributed by atoms with E-state index < -0.39 is 0 Å². The summed E-state index contributed by atoms with van der Waals surface area (Å²) in [5, 5.41) is 4.98. The van der Waals surface area contributed by atoms with Crippen molar-refractivity contribution < 1.29 is 4.42 Å². The minimum absolute atomic E-state index is 0.624. The molecule has 3 nitrogen and oxygen atoms in total. The van der Waals surface area contributed by atoms with Gasteiger partial charge in [0.15, 0.2) is 5.58 Å². The minimum atomic E-state index is 0.624. The zero-order chi connectivity index (χ0) is 27.2. The molecule has 6 aromatic carbocycles. The predicted octanol–water partition coefficient (Wildman–Crippen LogP) is 10.2. The van der Waals surface area contributed by atoms with Crippen LogP contribution >= 0.6 is 0 Å². The van der Waals surface area contributed by atoms with Crippen LogP contribution < -0.4 is 0 Å². The van der Waals surface area contributed by atoms with Gasteiger partial charge >= 0.3 is 0 Å². The first-order valence-corrected chi connectivity index (χ1v) is 13.7. The van der Waals surface area contributed by atoms with E-state index in [4.69, 9.17) is 9.40 Å². The first-order valence-electron chi connectivity index (χ1n) is 13.7. The highest BCUT2D eigenvalue weighted by Crippen LogP contribution is 2.37. The van der Waals surface area contributed by atoms with Crippen molar-refractivity contribution in [2.45, 2.75) is 0 Å². The number of rotatable bonds is 4. The highest BCUT2D eigenvalue weighted by atomic mass is 16.3. The van der Waals surface area contributed by atoms with Gasteiger partial charge in [0.2, 0.25) is 5.89 Å². The van der Waals surface area contributed by atoms with Crippen LogP contribution in [0.2, 0.25) is 0 Å². The summed E-state index contributed by atoms with van der Waals surface area (Å²) >= 11 is 0. The van der Waals surface area contributed by atoms with Crippen LogP contribution in [0.5, 0.6) is 0 Å². The quantitative estimate of drug-likeness (QED) is 0.215. The number of hydrogen-bond donors (Lipinski definition) is 0. The predicted molar refractivity (Wildman–Crippen MR) is 169 cm³/mol. The smallest absolute Gasteiger partial charge is 0.227 e. The molecule has 0 spiro atoms. The molecule has 0 aliphatic carbocycles. The van der Waals surface area contributed by atoms with E-state index >= 15 is 0 Å². The Morgan fingerprint density at radius 3 is 1.83 bits per heavy atom. The van der Waals surface area contributed by atoms with Gasteiger partial charge in [0.1, 0.15) is 5.52 Å².